The predicted octanol–water partition coefficient (Wildman–Crippen LogP) is 2.63. The van der Waals surface area contributed by atoms with E-state index in [1.807, 2.05) is 48.5 Å². The monoisotopic (exact) mass is 311 g/mol. The Morgan fingerprint density at radius 1 is 1.04 bits per heavy atom. The standard InChI is InChI=1S/C19H21NO3/c21-19(23-14-17-9-5-2-6-10-17)18-15-22-12-11-20(18)13-16-7-3-1-4-8-16/h1-10,18H,11-15H2. The Balaban J connectivity index is 1.60. The van der Waals surface area contributed by atoms with Crippen LogP contribution in [0, 0.1) is 0 Å². The zero-order valence-electron chi connectivity index (χ0n) is 13.1. The smallest absolute Gasteiger partial charge is 0.326 e. The Hall–Kier alpha value is -2.17. The number of carbonyl (C=O) groups excluding carboxylic acids is 1. The van der Waals surface area contributed by atoms with Gasteiger partial charge < -0.3 is 9.47 Å². The van der Waals surface area contributed by atoms with Crippen molar-refractivity contribution in [2.24, 2.45) is 0 Å². The molecule has 1 unspecified atom stereocenters. The highest BCUT2D eigenvalue weighted by molar-refractivity contribution is 5.76. The van der Waals surface area contributed by atoms with Gasteiger partial charge in [-0.15, -0.1) is 0 Å². The Morgan fingerprint density at radius 2 is 1.70 bits per heavy atom. The third kappa shape index (κ3) is 4.41. The summed E-state index contributed by atoms with van der Waals surface area (Å²) in [5.41, 5.74) is 2.18. The van der Waals surface area contributed by atoms with Crippen molar-refractivity contribution in [3.8, 4) is 0 Å². The molecule has 4 heteroatoms. The van der Waals surface area contributed by atoms with Gasteiger partial charge in [0.05, 0.1) is 13.2 Å². The van der Waals surface area contributed by atoms with E-state index in [4.69, 9.17) is 9.47 Å². The van der Waals surface area contributed by atoms with Crippen LogP contribution >= 0.6 is 0 Å². The fourth-order valence-electron chi connectivity index (χ4n) is 2.69. The first-order valence-corrected chi connectivity index (χ1v) is 7.89. The van der Waals surface area contributed by atoms with Gasteiger partial charge in [0, 0.05) is 13.1 Å². The van der Waals surface area contributed by atoms with E-state index in [0.717, 1.165) is 18.7 Å². The zero-order chi connectivity index (χ0) is 15.9. The van der Waals surface area contributed by atoms with Gasteiger partial charge in [-0.3, -0.25) is 9.69 Å². The number of esters is 1. The molecule has 0 saturated carbocycles. The highest BCUT2D eigenvalue weighted by Crippen LogP contribution is 2.14. The molecule has 2 aromatic rings. The molecule has 0 amide bonds. The fourth-order valence-corrected chi connectivity index (χ4v) is 2.69. The van der Waals surface area contributed by atoms with Crippen LogP contribution in [0.2, 0.25) is 0 Å². The van der Waals surface area contributed by atoms with Crippen molar-refractivity contribution in [1.29, 1.82) is 0 Å². The molecular weight excluding hydrogens is 290 g/mol. The van der Waals surface area contributed by atoms with Crippen molar-refractivity contribution in [1.82, 2.24) is 4.90 Å². The minimum absolute atomic E-state index is 0.218. The molecule has 1 heterocycles. The number of benzene rings is 2. The molecule has 0 N–H and O–H groups in total. The largest absolute Gasteiger partial charge is 0.460 e. The number of nitrogens with zero attached hydrogens (tertiary/aromatic N) is 1. The van der Waals surface area contributed by atoms with Crippen molar-refractivity contribution in [3.63, 3.8) is 0 Å². The second-order valence-electron chi connectivity index (χ2n) is 5.64. The molecule has 3 rings (SSSR count). The number of carbonyl (C=O) groups is 1. The van der Waals surface area contributed by atoms with Crippen LogP contribution in [-0.4, -0.2) is 36.7 Å². The molecule has 1 saturated heterocycles. The Bertz CT molecular complexity index is 615. The van der Waals surface area contributed by atoms with E-state index in [2.05, 4.69) is 17.0 Å². The summed E-state index contributed by atoms with van der Waals surface area (Å²) in [5.74, 6) is -0.218. The molecule has 1 fully saturated rings. The van der Waals surface area contributed by atoms with Gasteiger partial charge in [0.1, 0.15) is 12.6 Å². The molecule has 23 heavy (non-hydrogen) atoms. The average Bonchev–Trinajstić information content (AvgIpc) is 2.62. The lowest BCUT2D eigenvalue weighted by Crippen LogP contribution is -2.50. The van der Waals surface area contributed by atoms with E-state index >= 15 is 0 Å². The van der Waals surface area contributed by atoms with Crippen molar-refractivity contribution >= 4 is 5.97 Å². The van der Waals surface area contributed by atoms with Gasteiger partial charge in [0.15, 0.2) is 0 Å². The van der Waals surface area contributed by atoms with Crippen LogP contribution in [0.15, 0.2) is 60.7 Å². The van der Waals surface area contributed by atoms with Gasteiger partial charge in [0.25, 0.3) is 0 Å². The van der Waals surface area contributed by atoms with Gasteiger partial charge >= 0.3 is 5.97 Å². The van der Waals surface area contributed by atoms with E-state index in [9.17, 15) is 4.79 Å². The quantitative estimate of drug-likeness (QED) is 0.796. The van der Waals surface area contributed by atoms with Crippen molar-refractivity contribution in [2.45, 2.75) is 19.2 Å². The van der Waals surface area contributed by atoms with Gasteiger partial charge in [0.2, 0.25) is 0 Å². The van der Waals surface area contributed by atoms with E-state index < -0.39 is 0 Å². The van der Waals surface area contributed by atoms with Crippen molar-refractivity contribution in [2.75, 3.05) is 19.8 Å². The second-order valence-corrected chi connectivity index (χ2v) is 5.64. The van der Waals surface area contributed by atoms with E-state index in [1.54, 1.807) is 0 Å². The third-order valence-electron chi connectivity index (χ3n) is 3.96. The van der Waals surface area contributed by atoms with Crippen LogP contribution in [0.25, 0.3) is 0 Å². The second kappa shape index (κ2) is 7.90. The normalized spacial score (nSPS) is 18.5. The number of hydrogen-bond acceptors (Lipinski definition) is 4. The molecule has 0 bridgehead atoms. The summed E-state index contributed by atoms with van der Waals surface area (Å²) in [7, 11) is 0. The molecule has 1 atom stereocenters. The molecule has 1 aliphatic heterocycles. The zero-order valence-corrected chi connectivity index (χ0v) is 13.1. The SMILES string of the molecule is O=C(OCc1ccccc1)C1COCCN1Cc1ccccc1. The molecule has 0 aliphatic carbocycles. The molecule has 120 valence electrons. The molecule has 0 aromatic heterocycles. The molecule has 4 nitrogen and oxygen atoms in total. The lowest BCUT2D eigenvalue weighted by atomic mass is 10.1. The first-order chi connectivity index (χ1) is 11.3. The van der Waals surface area contributed by atoms with Crippen LogP contribution in [0.3, 0.4) is 0 Å². The fraction of sp³-hybridized carbons (Fsp3) is 0.316. The van der Waals surface area contributed by atoms with Crippen molar-refractivity contribution < 1.29 is 14.3 Å². The van der Waals surface area contributed by atoms with E-state index in [-0.39, 0.29) is 12.0 Å². The topological polar surface area (TPSA) is 38.8 Å². The van der Waals surface area contributed by atoms with Crippen LogP contribution in [-0.2, 0) is 27.4 Å². The molecular formula is C19H21NO3. The van der Waals surface area contributed by atoms with Crippen LogP contribution in [0.1, 0.15) is 11.1 Å². The Morgan fingerprint density at radius 3 is 2.39 bits per heavy atom. The maximum atomic E-state index is 12.4. The summed E-state index contributed by atoms with van der Waals surface area (Å²) in [5, 5.41) is 0. The number of morpholine rings is 1. The maximum Gasteiger partial charge on any atom is 0.326 e. The van der Waals surface area contributed by atoms with E-state index in [1.165, 1.54) is 5.56 Å². The number of rotatable bonds is 5. The molecule has 1 aliphatic rings. The summed E-state index contributed by atoms with van der Waals surface area (Å²) >= 11 is 0. The predicted molar refractivity (Wildman–Crippen MR) is 87.7 cm³/mol. The minimum atomic E-state index is -0.340. The van der Waals surface area contributed by atoms with Crippen LogP contribution < -0.4 is 0 Å². The first-order valence-electron chi connectivity index (χ1n) is 7.89. The summed E-state index contributed by atoms with van der Waals surface area (Å²) in [6.45, 7) is 2.81. The lowest BCUT2D eigenvalue weighted by Gasteiger charge is -2.33. The molecule has 0 spiro atoms. The number of ether oxygens (including phenoxy) is 2. The minimum Gasteiger partial charge on any atom is -0.460 e. The lowest BCUT2D eigenvalue weighted by molar-refractivity contribution is -0.158. The molecule has 0 radical (unpaired) electrons. The Labute approximate surface area is 136 Å². The summed E-state index contributed by atoms with van der Waals surface area (Å²) in [6, 6.07) is 19.5. The average molecular weight is 311 g/mol. The summed E-state index contributed by atoms with van der Waals surface area (Å²) in [4.78, 5) is 14.6. The first kappa shape index (κ1) is 15.7. The highest BCUT2D eigenvalue weighted by Gasteiger charge is 2.30. The van der Waals surface area contributed by atoms with Crippen LogP contribution in [0.5, 0.6) is 0 Å². The van der Waals surface area contributed by atoms with Gasteiger partial charge in [-0.2, -0.15) is 0 Å². The van der Waals surface area contributed by atoms with E-state index in [0.29, 0.717) is 19.8 Å². The Kier molecular flexibility index (Phi) is 5.40. The van der Waals surface area contributed by atoms with Gasteiger partial charge in [-0.25, -0.2) is 0 Å². The highest BCUT2D eigenvalue weighted by atomic mass is 16.5. The van der Waals surface area contributed by atoms with Crippen molar-refractivity contribution in [3.05, 3.63) is 71.8 Å². The van der Waals surface area contributed by atoms with Gasteiger partial charge in [-0.1, -0.05) is 60.7 Å². The summed E-state index contributed by atoms with van der Waals surface area (Å²) in [6.07, 6.45) is 0. The van der Waals surface area contributed by atoms with Crippen LogP contribution in [0.4, 0.5) is 0 Å². The molecule has 2 aromatic carbocycles. The van der Waals surface area contributed by atoms with Gasteiger partial charge in [-0.05, 0) is 11.1 Å². The number of hydrogen-bond donors (Lipinski definition) is 0. The third-order valence-corrected chi connectivity index (χ3v) is 3.96. The maximum absolute atomic E-state index is 12.4. The summed E-state index contributed by atoms with van der Waals surface area (Å²) < 4.78 is 11.0.